The Morgan fingerprint density at radius 2 is 1.64 bits per heavy atom. The third-order valence-corrected chi connectivity index (χ3v) is 5.32. The van der Waals surface area contributed by atoms with Crippen LogP contribution in [0.4, 0.5) is 0 Å². The second-order valence-corrected chi connectivity index (χ2v) is 7.26. The molecule has 2 aromatic carbocycles. The molecule has 1 saturated carbocycles. The maximum Gasteiger partial charge on any atom is 0.271 e. The van der Waals surface area contributed by atoms with Gasteiger partial charge in [-0.15, -0.1) is 0 Å². The highest BCUT2D eigenvalue weighted by molar-refractivity contribution is 7.89. The summed E-state index contributed by atoms with van der Waals surface area (Å²) in [4.78, 5) is 0.298. The summed E-state index contributed by atoms with van der Waals surface area (Å²) in [5.41, 5.74) is 1.85. The van der Waals surface area contributed by atoms with Crippen LogP contribution < -0.4 is 0 Å². The first kappa shape index (κ1) is 14.7. The van der Waals surface area contributed by atoms with Crippen LogP contribution >= 0.6 is 0 Å². The molecule has 0 saturated heterocycles. The number of nitrogens with zero attached hydrogens (tertiary/aromatic N) is 1. The fourth-order valence-corrected chi connectivity index (χ4v) is 3.60. The van der Waals surface area contributed by atoms with Crippen LogP contribution in [0.3, 0.4) is 0 Å². The molecule has 22 heavy (non-hydrogen) atoms. The quantitative estimate of drug-likeness (QED) is 0.645. The van der Waals surface area contributed by atoms with Crippen molar-refractivity contribution in [2.45, 2.75) is 30.7 Å². The van der Waals surface area contributed by atoms with Crippen LogP contribution in [0.25, 0.3) is 0 Å². The highest BCUT2D eigenvalue weighted by atomic mass is 32.2. The lowest BCUT2D eigenvalue weighted by Crippen LogP contribution is -2.28. The van der Waals surface area contributed by atoms with Gasteiger partial charge in [0, 0.05) is 11.6 Å². The molecule has 1 fully saturated rings. The van der Waals surface area contributed by atoms with E-state index in [1.165, 1.54) is 4.31 Å². The van der Waals surface area contributed by atoms with Gasteiger partial charge in [0.25, 0.3) is 10.0 Å². The molecule has 3 nitrogen and oxygen atoms in total. The molecule has 0 amide bonds. The number of aryl methyl sites for hydroxylation is 1. The summed E-state index contributed by atoms with van der Waals surface area (Å²) < 4.78 is 26.9. The Kier molecular flexibility index (Phi) is 3.91. The van der Waals surface area contributed by atoms with Crippen molar-refractivity contribution < 1.29 is 8.42 Å². The van der Waals surface area contributed by atoms with Gasteiger partial charge in [0.05, 0.1) is 10.9 Å². The summed E-state index contributed by atoms with van der Waals surface area (Å²) in [6, 6.07) is 19.2. The third-order valence-electron chi connectivity index (χ3n) is 3.54. The molecule has 1 aliphatic rings. The van der Waals surface area contributed by atoms with Gasteiger partial charge in [0.2, 0.25) is 0 Å². The zero-order chi connectivity index (χ0) is 15.6. The third kappa shape index (κ3) is 3.15. The molecule has 0 aromatic heterocycles. The SMILES string of the molecule is Cc1ccc(S(=O)(=O)N(C#Cc2ccccc2)C2CC2)cc1. The zero-order valence-electron chi connectivity index (χ0n) is 12.4. The summed E-state index contributed by atoms with van der Waals surface area (Å²) in [6.45, 7) is 1.93. The zero-order valence-corrected chi connectivity index (χ0v) is 13.2. The Hall–Kier alpha value is -2.25. The van der Waals surface area contributed by atoms with Crippen LogP contribution in [0.5, 0.6) is 0 Å². The van der Waals surface area contributed by atoms with Gasteiger partial charge in [-0.2, -0.15) is 0 Å². The maximum absolute atomic E-state index is 12.8. The average molecular weight is 311 g/mol. The number of rotatable bonds is 3. The van der Waals surface area contributed by atoms with Crippen LogP contribution in [0, 0.1) is 18.9 Å². The van der Waals surface area contributed by atoms with Crippen molar-refractivity contribution in [3.05, 3.63) is 65.7 Å². The monoisotopic (exact) mass is 311 g/mol. The van der Waals surface area contributed by atoms with Crippen molar-refractivity contribution >= 4 is 10.0 Å². The normalized spacial score (nSPS) is 14.0. The van der Waals surface area contributed by atoms with Crippen molar-refractivity contribution in [1.82, 2.24) is 4.31 Å². The van der Waals surface area contributed by atoms with E-state index in [-0.39, 0.29) is 6.04 Å². The lowest BCUT2D eigenvalue weighted by molar-refractivity contribution is 0.507. The van der Waals surface area contributed by atoms with Gasteiger partial charge < -0.3 is 0 Å². The Morgan fingerprint density at radius 1 is 1.00 bits per heavy atom. The summed E-state index contributed by atoms with van der Waals surface area (Å²) >= 11 is 0. The van der Waals surface area contributed by atoms with Crippen molar-refractivity contribution in [2.24, 2.45) is 0 Å². The smallest absolute Gasteiger partial charge is 0.221 e. The minimum atomic E-state index is -3.57. The molecule has 0 radical (unpaired) electrons. The van der Waals surface area contributed by atoms with Crippen molar-refractivity contribution in [1.29, 1.82) is 0 Å². The van der Waals surface area contributed by atoms with E-state index < -0.39 is 10.0 Å². The van der Waals surface area contributed by atoms with Gasteiger partial charge in [0.1, 0.15) is 0 Å². The summed E-state index contributed by atoms with van der Waals surface area (Å²) in [6.07, 6.45) is 1.74. The molecule has 2 aromatic rings. The van der Waals surface area contributed by atoms with Gasteiger partial charge in [-0.25, -0.2) is 12.7 Å². The predicted octanol–water partition coefficient (Wildman–Crippen LogP) is 3.16. The highest BCUT2D eigenvalue weighted by Gasteiger charge is 2.36. The molecule has 0 unspecified atom stereocenters. The summed E-state index contributed by atoms with van der Waals surface area (Å²) in [5, 5.41) is 0. The topological polar surface area (TPSA) is 37.4 Å². The van der Waals surface area contributed by atoms with Crippen LogP contribution in [0.1, 0.15) is 24.0 Å². The van der Waals surface area contributed by atoms with Gasteiger partial charge in [-0.3, -0.25) is 0 Å². The first-order valence-electron chi connectivity index (χ1n) is 7.25. The lowest BCUT2D eigenvalue weighted by Gasteiger charge is -2.17. The van der Waals surface area contributed by atoms with E-state index in [1.54, 1.807) is 12.1 Å². The standard InChI is InChI=1S/C18H17NO2S/c1-15-7-11-18(12-8-15)22(20,21)19(17-9-10-17)14-13-16-5-3-2-4-6-16/h2-8,11-12,17H,9-10H2,1H3. The van der Waals surface area contributed by atoms with Crippen LogP contribution in [-0.4, -0.2) is 18.8 Å². The van der Waals surface area contributed by atoms with Crippen molar-refractivity contribution in [3.63, 3.8) is 0 Å². The minimum absolute atomic E-state index is 0.00233. The van der Waals surface area contributed by atoms with E-state index in [1.807, 2.05) is 49.4 Å². The van der Waals surface area contributed by atoms with Gasteiger partial charge in [0.15, 0.2) is 0 Å². The van der Waals surface area contributed by atoms with Gasteiger partial charge >= 0.3 is 0 Å². The van der Waals surface area contributed by atoms with E-state index in [4.69, 9.17) is 0 Å². The fraction of sp³-hybridized carbons (Fsp3) is 0.222. The molecule has 0 atom stereocenters. The molecule has 112 valence electrons. The molecule has 0 spiro atoms. The van der Waals surface area contributed by atoms with E-state index in [0.717, 1.165) is 24.0 Å². The fourth-order valence-electron chi connectivity index (χ4n) is 2.12. The second-order valence-electron chi connectivity index (χ2n) is 5.45. The Morgan fingerprint density at radius 3 is 2.23 bits per heavy atom. The van der Waals surface area contributed by atoms with Crippen molar-refractivity contribution in [2.75, 3.05) is 0 Å². The molecule has 0 bridgehead atoms. The second kappa shape index (κ2) is 5.86. The summed E-state index contributed by atoms with van der Waals surface area (Å²) in [7, 11) is -3.57. The molecular formula is C18H17NO2S. The van der Waals surface area contributed by atoms with E-state index in [9.17, 15) is 8.42 Å². The summed E-state index contributed by atoms with van der Waals surface area (Å²) in [5.74, 6) is 2.95. The number of hydrogen-bond donors (Lipinski definition) is 0. The Labute approximate surface area is 131 Å². The molecule has 0 heterocycles. The molecule has 4 heteroatoms. The molecule has 1 aliphatic carbocycles. The van der Waals surface area contributed by atoms with Gasteiger partial charge in [-0.05, 0) is 50.0 Å². The van der Waals surface area contributed by atoms with Crippen LogP contribution in [0.15, 0.2) is 59.5 Å². The molecule has 0 aliphatic heterocycles. The maximum atomic E-state index is 12.8. The molecule has 3 rings (SSSR count). The number of benzene rings is 2. The first-order valence-corrected chi connectivity index (χ1v) is 8.69. The van der Waals surface area contributed by atoms with Crippen LogP contribution in [-0.2, 0) is 10.0 Å². The number of hydrogen-bond acceptors (Lipinski definition) is 2. The first-order chi connectivity index (χ1) is 10.6. The van der Waals surface area contributed by atoms with Crippen molar-refractivity contribution in [3.8, 4) is 12.0 Å². The van der Waals surface area contributed by atoms with Crippen LogP contribution in [0.2, 0.25) is 0 Å². The van der Waals surface area contributed by atoms with E-state index in [2.05, 4.69) is 12.0 Å². The molecular weight excluding hydrogens is 294 g/mol. The Balaban J connectivity index is 1.94. The predicted molar refractivity (Wildman–Crippen MR) is 86.5 cm³/mol. The highest BCUT2D eigenvalue weighted by Crippen LogP contribution is 2.31. The minimum Gasteiger partial charge on any atom is -0.221 e. The average Bonchev–Trinajstić information content (AvgIpc) is 3.33. The van der Waals surface area contributed by atoms with E-state index >= 15 is 0 Å². The van der Waals surface area contributed by atoms with Gasteiger partial charge in [-0.1, -0.05) is 35.9 Å². The molecule has 0 N–H and O–H groups in total. The lowest BCUT2D eigenvalue weighted by atomic mass is 10.2. The number of sulfonamides is 1. The largest absolute Gasteiger partial charge is 0.271 e. The van der Waals surface area contributed by atoms with E-state index in [0.29, 0.717) is 4.90 Å². The Bertz CT molecular complexity index is 811.